The molecule has 1 aliphatic heterocycles. The number of aryl methyl sites for hydroxylation is 2. The van der Waals surface area contributed by atoms with Crippen molar-refractivity contribution in [1.29, 1.82) is 0 Å². The van der Waals surface area contributed by atoms with Gasteiger partial charge in [0.05, 0.1) is 17.8 Å². The van der Waals surface area contributed by atoms with Crippen molar-refractivity contribution >= 4 is 23.6 Å². The Morgan fingerprint density at radius 1 is 0.885 bits per heavy atom. The molecule has 0 saturated carbocycles. The predicted molar refractivity (Wildman–Crippen MR) is 204 cm³/mol. The second-order valence-corrected chi connectivity index (χ2v) is 13.6. The Hall–Kier alpha value is -5.18. The Morgan fingerprint density at radius 2 is 1.60 bits per heavy atom. The van der Waals surface area contributed by atoms with Gasteiger partial charge in [0.25, 0.3) is 0 Å². The number of carbonyl (C=O) groups is 1. The molecule has 1 fully saturated rings. The Balaban J connectivity index is 0.953. The molecule has 1 atom stereocenters. The SMILES string of the molecule is Cc1ccc(COc2ccc(Oc3c(C)cc(C=CC(=O)N4CCN(Cc5ccc(CCOc6ccc(F)cc6)cc5)CC4C)cc3Cl)nc2)cc1. The third-order valence-electron chi connectivity index (χ3n) is 9.01. The van der Waals surface area contributed by atoms with E-state index in [4.69, 9.17) is 25.8 Å². The topological polar surface area (TPSA) is 64.1 Å². The van der Waals surface area contributed by atoms with Gasteiger partial charge in [-0.1, -0.05) is 65.7 Å². The van der Waals surface area contributed by atoms with E-state index in [1.807, 2.05) is 36.1 Å². The minimum atomic E-state index is -0.272. The molecule has 1 unspecified atom stereocenters. The molecule has 4 aromatic carbocycles. The number of hydrogen-bond acceptors (Lipinski definition) is 6. The maximum Gasteiger partial charge on any atom is 0.246 e. The summed E-state index contributed by atoms with van der Waals surface area (Å²) in [7, 11) is 0. The smallest absolute Gasteiger partial charge is 0.246 e. The van der Waals surface area contributed by atoms with E-state index in [0.29, 0.717) is 47.9 Å². The molecule has 1 aliphatic rings. The number of carbonyl (C=O) groups excluding carboxylic acids is 1. The summed E-state index contributed by atoms with van der Waals surface area (Å²) in [4.78, 5) is 21.9. The minimum absolute atomic E-state index is 0.0256. The summed E-state index contributed by atoms with van der Waals surface area (Å²) in [5.74, 6) is 1.93. The van der Waals surface area contributed by atoms with Crippen molar-refractivity contribution in [1.82, 2.24) is 14.8 Å². The Morgan fingerprint density at radius 3 is 2.29 bits per heavy atom. The van der Waals surface area contributed by atoms with Crippen LogP contribution in [0.3, 0.4) is 0 Å². The van der Waals surface area contributed by atoms with Gasteiger partial charge in [-0.3, -0.25) is 9.69 Å². The number of nitrogens with zero attached hydrogens (tertiary/aromatic N) is 3. The van der Waals surface area contributed by atoms with E-state index in [0.717, 1.165) is 42.7 Å². The fourth-order valence-electron chi connectivity index (χ4n) is 6.11. The molecule has 0 spiro atoms. The maximum absolute atomic E-state index is 13.2. The average Bonchev–Trinajstić information content (AvgIpc) is 3.14. The normalized spacial score (nSPS) is 14.8. The van der Waals surface area contributed by atoms with E-state index in [9.17, 15) is 9.18 Å². The van der Waals surface area contributed by atoms with Crippen LogP contribution in [-0.2, 0) is 24.4 Å². The van der Waals surface area contributed by atoms with Crippen molar-refractivity contribution in [2.24, 2.45) is 0 Å². The van der Waals surface area contributed by atoms with Crippen molar-refractivity contribution in [3.8, 4) is 23.1 Å². The highest BCUT2D eigenvalue weighted by atomic mass is 35.5. The molecule has 6 rings (SSSR count). The number of piperazine rings is 1. The minimum Gasteiger partial charge on any atom is -0.493 e. The van der Waals surface area contributed by atoms with Crippen LogP contribution in [0, 0.1) is 19.7 Å². The molecule has 268 valence electrons. The Kier molecular flexibility index (Phi) is 12.2. The molecule has 1 amide bonds. The highest BCUT2D eigenvalue weighted by molar-refractivity contribution is 6.32. The van der Waals surface area contributed by atoms with Gasteiger partial charge in [0.15, 0.2) is 5.75 Å². The summed E-state index contributed by atoms with van der Waals surface area (Å²) in [6, 6.07) is 30.2. The van der Waals surface area contributed by atoms with E-state index >= 15 is 0 Å². The van der Waals surface area contributed by atoms with Crippen molar-refractivity contribution < 1.29 is 23.4 Å². The van der Waals surface area contributed by atoms with E-state index in [2.05, 4.69) is 60.1 Å². The lowest BCUT2D eigenvalue weighted by Crippen LogP contribution is -2.53. The lowest BCUT2D eigenvalue weighted by atomic mass is 10.1. The van der Waals surface area contributed by atoms with Gasteiger partial charge in [-0.15, -0.1) is 0 Å². The molecule has 7 nitrogen and oxygen atoms in total. The van der Waals surface area contributed by atoms with Gasteiger partial charge in [0, 0.05) is 50.8 Å². The highest BCUT2D eigenvalue weighted by Crippen LogP contribution is 2.34. The van der Waals surface area contributed by atoms with Crippen LogP contribution in [0.15, 0.2) is 109 Å². The molecule has 5 aromatic rings. The van der Waals surface area contributed by atoms with Crippen LogP contribution in [0.1, 0.15) is 40.3 Å². The van der Waals surface area contributed by atoms with Crippen LogP contribution in [0.25, 0.3) is 6.08 Å². The maximum atomic E-state index is 13.2. The number of hydrogen-bond donors (Lipinski definition) is 0. The number of aromatic nitrogens is 1. The fraction of sp³-hybridized carbons (Fsp3) is 0.256. The van der Waals surface area contributed by atoms with Gasteiger partial charge in [-0.2, -0.15) is 0 Å². The molecular weight excluding hydrogens is 677 g/mol. The van der Waals surface area contributed by atoms with Gasteiger partial charge in [-0.05, 0) is 97.1 Å². The monoisotopic (exact) mass is 719 g/mol. The van der Waals surface area contributed by atoms with E-state index in [-0.39, 0.29) is 17.8 Å². The number of amides is 1. The first-order valence-corrected chi connectivity index (χ1v) is 17.9. The van der Waals surface area contributed by atoms with Crippen LogP contribution < -0.4 is 14.2 Å². The zero-order chi connectivity index (χ0) is 36.5. The first-order chi connectivity index (χ1) is 25.2. The van der Waals surface area contributed by atoms with Crippen molar-refractivity contribution in [2.75, 3.05) is 26.2 Å². The molecule has 9 heteroatoms. The van der Waals surface area contributed by atoms with Crippen molar-refractivity contribution in [3.05, 3.63) is 154 Å². The molecule has 52 heavy (non-hydrogen) atoms. The van der Waals surface area contributed by atoms with E-state index < -0.39 is 0 Å². The van der Waals surface area contributed by atoms with Gasteiger partial charge in [0.2, 0.25) is 11.8 Å². The van der Waals surface area contributed by atoms with E-state index in [1.165, 1.54) is 28.8 Å². The summed E-state index contributed by atoms with van der Waals surface area (Å²) in [6.45, 7) is 10.1. The quantitative estimate of drug-likeness (QED) is 0.113. The van der Waals surface area contributed by atoms with Crippen LogP contribution in [0.4, 0.5) is 4.39 Å². The molecule has 0 radical (unpaired) electrons. The summed E-state index contributed by atoms with van der Waals surface area (Å²) in [5, 5.41) is 0.432. The Labute approximate surface area is 310 Å². The molecule has 0 aliphatic carbocycles. The largest absolute Gasteiger partial charge is 0.493 e. The molecule has 1 aromatic heterocycles. The molecule has 1 saturated heterocycles. The lowest BCUT2D eigenvalue weighted by molar-refractivity contribution is -0.130. The van der Waals surface area contributed by atoms with Crippen LogP contribution in [0.2, 0.25) is 5.02 Å². The average molecular weight is 720 g/mol. The molecule has 0 N–H and O–H groups in total. The van der Waals surface area contributed by atoms with Gasteiger partial charge < -0.3 is 19.1 Å². The third kappa shape index (κ3) is 10.2. The first kappa shape index (κ1) is 36.6. The summed E-state index contributed by atoms with van der Waals surface area (Å²) < 4.78 is 30.7. The summed E-state index contributed by atoms with van der Waals surface area (Å²) in [5.41, 5.74) is 6.34. The number of ether oxygens (including phenoxy) is 3. The number of benzene rings is 4. The Bertz CT molecular complexity index is 1940. The standard InChI is InChI=1S/C43H43ClFN3O4/c1-30-4-6-35(7-5-30)29-51-39-17-18-41(46-26-39)52-43-31(2)24-36(25-40(43)44)12-19-42(49)48-22-21-47(27-32(48)3)28-34-10-8-33(9-11-34)20-23-50-38-15-13-37(45)14-16-38/h4-19,24-26,32H,20-23,27-29H2,1-3H3. The van der Waals surface area contributed by atoms with Crippen molar-refractivity contribution in [3.63, 3.8) is 0 Å². The van der Waals surface area contributed by atoms with Crippen LogP contribution in [-0.4, -0.2) is 53.0 Å². The molecule has 0 bridgehead atoms. The zero-order valence-corrected chi connectivity index (χ0v) is 30.5. The lowest BCUT2D eigenvalue weighted by Gasteiger charge is -2.39. The molecular formula is C43H43ClFN3O4. The van der Waals surface area contributed by atoms with Crippen molar-refractivity contribution in [2.45, 2.75) is 46.4 Å². The zero-order valence-electron chi connectivity index (χ0n) is 29.7. The number of rotatable bonds is 13. The summed E-state index contributed by atoms with van der Waals surface area (Å²) >= 11 is 6.64. The third-order valence-corrected chi connectivity index (χ3v) is 9.29. The van der Waals surface area contributed by atoms with Crippen LogP contribution in [0.5, 0.6) is 23.1 Å². The second-order valence-electron chi connectivity index (χ2n) is 13.2. The fourth-order valence-corrected chi connectivity index (χ4v) is 6.42. The number of halogens is 2. The van der Waals surface area contributed by atoms with Gasteiger partial charge in [0.1, 0.15) is 23.9 Å². The first-order valence-electron chi connectivity index (χ1n) is 17.5. The summed E-state index contributed by atoms with van der Waals surface area (Å²) in [6.07, 6.45) is 5.82. The number of pyridine rings is 1. The van der Waals surface area contributed by atoms with Gasteiger partial charge >= 0.3 is 0 Å². The van der Waals surface area contributed by atoms with Gasteiger partial charge in [-0.25, -0.2) is 9.37 Å². The second kappa shape index (κ2) is 17.4. The molecule has 2 heterocycles. The highest BCUT2D eigenvalue weighted by Gasteiger charge is 2.26. The van der Waals surface area contributed by atoms with E-state index in [1.54, 1.807) is 42.6 Å². The predicted octanol–water partition coefficient (Wildman–Crippen LogP) is 9.23. The van der Waals surface area contributed by atoms with Crippen LogP contribution >= 0.6 is 11.6 Å².